The number of aryl methyl sites for hydroxylation is 1. The number of halogens is 1. The van der Waals surface area contributed by atoms with Gasteiger partial charge in [0.25, 0.3) is 0 Å². The van der Waals surface area contributed by atoms with Crippen LogP contribution in [0, 0.1) is 12.7 Å². The minimum atomic E-state index is -0.327. The Morgan fingerprint density at radius 1 is 1.14 bits per heavy atom. The Morgan fingerprint density at radius 3 is 2.55 bits per heavy atom. The summed E-state index contributed by atoms with van der Waals surface area (Å²) in [5.41, 5.74) is 3.36. The Bertz CT molecular complexity index is 1070. The van der Waals surface area contributed by atoms with E-state index in [-0.39, 0.29) is 17.0 Å². The molecule has 6 nitrogen and oxygen atoms in total. The summed E-state index contributed by atoms with van der Waals surface area (Å²) in [6.07, 6.45) is 0. The molecule has 1 aliphatic heterocycles. The van der Waals surface area contributed by atoms with Gasteiger partial charge in [0, 0.05) is 5.56 Å². The molecule has 0 saturated carbocycles. The lowest BCUT2D eigenvalue weighted by Crippen LogP contribution is -2.15. The number of thioether (sulfide) groups is 1. The second-order valence-electron chi connectivity index (χ2n) is 6.59. The molecule has 0 radical (unpaired) electrons. The molecule has 1 amide bonds. The molecule has 2 aromatic carbocycles. The van der Waals surface area contributed by atoms with E-state index in [1.807, 2.05) is 25.1 Å². The Kier molecular flexibility index (Phi) is 5.19. The first-order valence-corrected chi connectivity index (χ1v) is 10.1. The van der Waals surface area contributed by atoms with Crippen molar-refractivity contribution in [3.05, 3.63) is 65.1 Å². The molecule has 4 rings (SSSR count). The molecular formula is C21H20FN3O3S. The van der Waals surface area contributed by atoms with Crippen molar-refractivity contribution in [1.29, 1.82) is 0 Å². The number of hydrogen-bond donors (Lipinski definition) is 1. The predicted octanol–water partition coefficient (Wildman–Crippen LogP) is 4.11. The van der Waals surface area contributed by atoms with Crippen molar-refractivity contribution in [2.24, 2.45) is 0 Å². The monoisotopic (exact) mass is 413 g/mol. The number of nitrogens with zero attached hydrogens (tertiary/aromatic N) is 2. The third-order valence-corrected chi connectivity index (χ3v) is 6.06. The van der Waals surface area contributed by atoms with Gasteiger partial charge in [-0.1, -0.05) is 6.07 Å². The first-order chi connectivity index (χ1) is 14.0. The second-order valence-corrected chi connectivity index (χ2v) is 7.68. The van der Waals surface area contributed by atoms with Gasteiger partial charge in [0.1, 0.15) is 11.6 Å². The van der Waals surface area contributed by atoms with Crippen LogP contribution in [0.5, 0.6) is 11.5 Å². The van der Waals surface area contributed by atoms with Crippen LogP contribution in [-0.4, -0.2) is 35.7 Å². The minimum Gasteiger partial charge on any atom is -0.493 e. The average molecular weight is 413 g/mol. The van der Waals surface area contributed by atoms with Crippen LogP contribution in [-0.2, 0) is 4.79 Å². The normalized spacial score (nSPS) is 16.0. The highest BCUT2D eigenvalue weighted by Crippen LogP contribution is 2.45. The zero-order chi connectivity index (χ0) is 20.5. The van der Waals surface area contributed by atoms with Crippen LogP contribution in [0.1, 0.15) is 22.1 Å². The van der Waals surface area contributed by atoms with Gasteiger partial charge < -0.3 is 14.8 Å². The van der Waals surface area contributed by atoms with E-state index in [1.165, 1.54) is 23.9 Å². The van der Waals surface area contributed by atoms with E-state index in [1.54, 1.807) is 31.0 Å². The first-order valence-electron chi connectivity index (χ1n) is 9.00. The maximum atomic E-state index is 13.4. The van der Waals surface area contributed by atoms with Crippen LogP contribution in [0.3, 0.4) is 0 Å². The van der Waals surface area contributed by atoms with E-state index in [4.69, 9.17) is 9.47 Å². The molecule has 0 bridgehead atoms. The fourth-order valence-corrected chi connectivity index (χ4v) is 4.61. The van der Waals surface area contributed by atoms with Crippen LogP contribution < -0.4 is 14.8 Å². The molecule has 1 N–H and O–H groups in total. The summed E-state index contributed by atoms with van der Waals surface area (Å²) >= 11 is 1.52. The average Bonchev–Trinajstić information content (AvgIpc) is 2.93. The zero-order valence-corrected chi connectivity index (χ0v) is 17.0. The van der Waals surface area contributed by atoms with Crippen LogP contribution in [0.25, 0.3) is 5.69 Å². The molecule has 8 heteroatoms. The molecule has 150 valence electrons. The fraction of sp³-hybridized carbons (Fsp3) is 0.238. The minimum absolute atomic E-state index is 0.109. The SMILES string of the molecule is COc1ccc([C@H]2SCC(=O)Nc3c2c(C)nn3-c2ccc(F)cc2)cc1OC. The maximum absolute atomic E-state index is 13.4. The Labute approximate surface area is 172 Å². The van der Waals surface area contributed by atoms with E-state index >= 15 is 0 Å². The maximum Gasteiger partial charge on any atom is 0.235 e. The molecule has 0 fully saturated rings. The molecule has 2 heterocycles. The molecular weight excluding hydrogens is 393 g/mol. The highest BCUT2D eigenvalue weighted by Gasteiger charge is 2.31. The lowest BCUT2D eigenvalue weighted by Gasteiger charge is -2.17. The summed E-state index contributed by atoms with van der Waals surface area (Å²) in [6, 6.07) is 11.8. The predicted molar refractivity (Wildman–Crippen MR) is 111 cm³/mol. The summed E-state index contributed by atoms with van der Waals surface area (Å²) < 4.78 is 25.8. The smallest absolute Gasteiger partial charge is 0.235 e. The fourth-order valence-electron chi connectivity index (χ4n) is 3.43. The zero-order valence-electron chi connectivity index (χ0n) is 16.2. The summed E-state index contributed by atoms with van der Waals surface area (Å²) in [4.78, 5) is 12.4. The Morgan fingerprint density at radius 2 is 1.86 bits per heavy atom. The van der Waals surface area contributed by atoms with Gasteiger partial charge in [-0.3, -0.25) is 4.79 Å². The van der Waals surface area contributed by atoms with Gasteiger partial charge in [-0.05, 0) is 48.9 Å². The van der Waals surface area contributed by atoms with Crippen molar-refractivity contribution in [2.75, 3.05) is 25.3 Å². The number of ether oxygens (including phenoxy) is 2. The lowest BCUT2D eigenvalue weighted by molar-refractivity contribution is -0.113. The van der Waals surface area contributed by atoms with Gasteiger partial charge in [0.15, 0.2) is 11.5 Å². The van der Waals surface area contributed by atoms with Crippen LogP contribution in [0.4, 0.5) is 10.2 Å². The van der Waals surface area contributed by atoms with Gasteiger partial charge in [-0.25, -0.2) is 9.07 Å². The largest absolute Gasteiger partial charge is 0.493 e. The highest BCUT2D eigenvalue weighted by atomic mass is 32.2. The summed E-state index contributed by atoms with van der Waals surface area (Å²) in [6.45, 7) is 1.91. The van der Waals surface area contributed by atoms with Gasteiger partial charge in [0.05, 0.1) is 36.6 Å². The molecule has 0 saturated heterocycles. The first kappa shape index (κ1) is 19.3. The Hall–Kier alpha value is -3.00. The molecule has 0 aliphatic carbocycles. The number of nitrogens with one attached hydrogen (secondary N) is 1. The molecule has 1 aromatic heterocycles. The van der Waals surface area contributed by atoms with Gasteiger partial charge in [0.2, 0.25) is 5.91 Å². The summed E-state index contributed by atoms with van der Waals surface area (Å²) in [5.74, 6) is 1.73. The van der Waals surface area contributed by atoms with Crippen molar-refractivity contribution in [3.8, 4) is 17.2 Å². The van der Waals surface area contributed by atoms with Gasteiger partial charge in [-0.2, -0.15) is 5.10 Å². The van der Waals surface area contributed by atoms with Crippen molar-refractivity contribution >= 4 is 23.5 Å². The quantitative estimate of drug-likeness (QED) is 0.697. The summed E-state index contributed by atoms with van der Waals surface area (Å²) in [5, 5.41) is 7.47. The number of fused-ring (bicyclic) bond motifs is 1. The van der Waals surface area contributed by atoms with E-state index in [2.05, 4.69) is 10.4 Å². The van der Waals surface area contributed by atoms with Gasteiger partial charge in [-0.15, -0.1) is 11.8 Å². The van der Waals surface area contributed by atoms with E-state index in [0.717, 1.165) is 16.8 Å². The van der Waals surface area contributed by atoms with Crippen molar-refractivity contribution in [3.63, 3.8) is 0 Å². The number of benzene rings is 2. The molecule has 29 heavy (non-hydrogen) atoms. The lowest BCUT2D eigenvalue weighted by atomic mass is 10.0. The third kappa shape index (κ3) is 3.55. The highest BCUT2D eigenvalue weighted by molar-refractivity contribution is 8.00. The van der Waals surface area contributed by atoms with Crippen LogP contribution in [0.2, 0.25) is 0 Å². The number of hydrogen-bond acceptors (Lipinski definition) is 5. The Balaban J connectivity index is 1.86. The van der Waals surface area contributed by atoms with Crippen molar-refractivity contribution in [2.45, 2.75) is 12.2 Å². The molecule has 1 atom stereocenters. The number of carbonyl (C=O) groups excluding carboxylic acids is 1. The number of methoxy groups -OCH3 is 2. The number of rotatable bonds is 4. The van der Waals surface area contributed by atoms with E-state index in [9.17, 15) is 9.18 Å². The number of carbonyl (C=O) groups is 1. The molecule has 1 aliphatic rings. The standard InChI is InChI=1S/C21H20FN3O3S/c1-12-19-20(13-4-9-16(27-2)17(10-13)28-3)29-11-18(26)23-21(19)25(24-12)15-7-5-14(22)6-8-15/h4-10,20H,11H2,1-3H3,(H,23,26)/t20-/m1/s1. The number of aromatic nitrogens is 2. The number of anilines is 1. The summed E-state index contributed by atoms with van der Waals surface area (Å²) in [7, 11) is 3.19. The topological polar surface area (TPSA) is 65.4 Å². The molecule has 0 unspecified atom stereocenters. The van der Waals surface area contributed by atoms with Crippen LogP contribution in [0.15, 0.2) is 42.5 Å². The molecule has 0 spiro atoms. The molecule has 3 aromatic rings. The van der Waals surface area contributed by atoms with Crippen molar-refractivity contribution < 1.29 is 18.7 Å². The van der Waals surface area contributed by atoms with Crippen molar-refractivity contribution in [1.82, 2.24) is 9.78 Å². The number of amides is 1. The van der Waals surface area contributed by atoms with E-state index in [0.29, 0.717) is 28.8 Å². The second kappa shape index (κ2) is 7.79. The third-order valence-electron chi connectivity index (χ3n) is 4.79. The van der Waals surface area contributed by atoms with Gasteiger partial charge >= 0.3 is 0 Å². The van der Waals surface area contributed by atoms with Crippen LogP contribution >= 0.6 is 11.8 Å². The van der Waals surface area contributed by atoms with E-state index < -0.39 is 0 Å².